The summed E-state index contributed by atoms with van der Waals surface area (Å²) >= 11 is 0. The predicted octanol–water partition coefficient (Wildman–Crippen LogP) is 3.84. The summed E-state index contributed by atoms with van der Waals surface area (Å²) in [6.45, 7) is 6.18. The van der Waals surface area contributed by atoms with Crippen LogP contribution in [0.2, 0.25) is 18.6 Å². The van der Waals surface area contributed by atoms with E-state index >= 15 is 0 Å². The SMILES string of the molecule is C[C@@H]1[C@@H]([Si](C)(C)O)[C@H](CCO)O[C@@]12C(=O)N(Cc1ccc(N3CCCCC3=O)cc1)c1ccc([N+](=O)[O-])cc12. The highest BCUT2D eigenvalue weighted by Crippen LogP contribution is 2.60. The van der Waals surface area contributed by atoms with Gasteiger partial charge in [0.15, 0.2) is 13.9 Å². The molecule has 2 fully saturated rings. The number of nitro benzene ring substituents is 1. The van der Waals surface area contributed by atoms with Gasteiger partial charge in [0.1, 0.15) is 0 Å². The maximum Gasteiger partial charge on any atom is 0.269 e. The van der Waals surface area contributed by atoms with Crippen LogP contribution in [-0.4, -0.2) is 54.2 Å². The minimum Gasteiger partial charge on any atom is -0.432 e. The van der Waals surface area contributed by atoms with Crippen LogP contribution < -0.4 is 9.80 Å². The molecule has 10 nitrogen and oxygen atoms in total. The minimum atomic E-state index is -2.87. The molecule has 2 aromatic rings. The van der Waals surface area contributed by atoms with E-state index in [0.29, 0.717) is 24.2 Å². The quantitative estimate of drug-likeness (QED) is 0.302. The van der Waals surface area contributed by atoms with Gasteiger partial charge < -0.3 is 24.4 Å². The van der Waals surface area contributed by atoms with Crippen LogP contribution in [0.3, 0.4) is 0 Å². The van der Waals surface area contributed by atoms with E-state index in [1.54, 1.807) is 29.0 Å². The lowest BCUT2D eigenvalue weighted by Crippen LogP contribution is -2.46. The van der Waals surface area contributed by atoms with Crippen molar-refractivity contribution in [1.82, 2.24) is 0 Å². The summed E-state index contributed by atoms with van der Waals surface area (Å²) in [6, 6.07) is 11.9. The second-order valence-electron chi connectivity index (χ2n) is 11.4. The maximum atomic E-state index is 14.3. The second-order valence-corrected chi connectivity index (χ2v) is 15.4. The Morgan fingerprint density at radius 1 is 1.15 bits per heavy atom. The Kier molecular flexibility index (Phi) is 7.12. The molecular weight excluding hydrogens is 518 g/mol. The van der Waals surface area contributed by atoms with Crippen molar-refractivity contribution in [3.05, 3.63) is 63.7 Å². The van der Waals surface area contributed by atoms with Crippen molar-refractivity contribution >= 4 is 37.2 Å². The number of hydrogen-bond acceptors (Lipinski definition) is 7. The van der Waals surface area contributed by atoms with Crippen molar-refractivity contribution in [2.24, 2.45) is 5.92 Å². The summed E-state index contributed by atoms with van der Waals surface area (Å²) in [5.41, 5.74) is 0.616. The van der Waals surface area contributed by atoms with Gasteiger partial charge >= 0.3 is 0 Å². The molecule has 3 aliphatic heterocycles. The molecule has 3 aliphatic rings. The summed E-state index contributed by atoms with van der Waals surface area (Å²) in [5.74, 6) is -0.688. The molecule has 11 heteroatoms. The van der Waals surface area contributed by atoms with Crippen molar-refractivity contribution in [3.8, 4) is 0 Å². The number of aliphatic hydroxyl groups is 1. The molecule has 0 saturated carbocycles. The van der Waals surface area contributed by atoms with Gasteiger partial charge in [0, 0.05) is 54.4 Å². The van der Waals surface area contributed by atoms with Crippen molar-refractivity contribution in [1.29, 1.82) is 0 Å². The van der Waals surface area contributed by atoms with E-state index in [4.69, 9.17) is 4.74 Å². The van der Waals surface area contributed by atoms with Crippen LogP contribution in [0.15, 0.2) is 42.5 Å². The topological polar surface area (TPSA) is 133 Å². The predicted molar refractivity (Wildman–Crippen MR) is 148 cm³/mol. The number of carbonyl (C=O) groups is 2. The third kappa shape index (κ3) is 4.56. The number of fused-ring (bicyclic) bond motifs is 2. The Morgan fingerprint density at radius 3 is 2.49 bits per heavy atom. The Balaban J connectivity index is 1.53. The van der Waals surface area contributed by atoms with Crippen LogP contribution in [0.1, 0.15) is 43.7 Å². The number of non-ortho nitro benzene ring substituents is 1. The molecule has 0 radical (unpaired) electrons. The van der Waals surface area contributed by atoms with E-state index in [9.17, 15) is 29.6 Å². The lowest BCUT2D eigenvalue weighted by molar-refractivity contribution is -0.385. The van der Waals surface area contributed by atoms with Gasteiger partial charge in [0.05, 0.1) is 23.3 Å². The van der Waals surface area contributed by atoms with Gasteiger partial charge in [0.2, 0.25) is 5.91 Å². The molecule has 0 aromatic heterocycles. The third-order valence-electron chi connectivity index (χ3n) is 8.50. The van der Waals surface area contributed by atoms with E-state index in [2.05, 4.69) is 0 Å². The average Bonchev–Trinajstić information content (AvgIpc) is 3.31. The van der Waals surface area contributed by atoms with Gasteiger partial charge in [-0.05, 0) is 56.1 Å². The largest absolute Gasteiger partial charge is 0.432 e. The second kappa shape index (κ2) is 10.1. The number of rotatable bonds is 7. The summed E-state index contributed by atoms with van der Waals surface area (Å²) in [5, 5.41) is 21.4. The zero-order valence-electron chi connectivity index (χ0n) is 22.5. The zero-order chi connectivity index (χ0) is 28.1. The van der Waals surface area contributed by atoms with Crippen LogP contribution in [0.25, 0.3) is 0 Å². The van der Waals surface area contributed by atoms with E-state index in [1.165, 1.54) is 12.1 Å². The molecule has 2 N–H and O–H groups in total. The molecule has 39 heavy (non-hydrogen) atoms. The van der Waals surface area contributed by atoms with Gasteiger partial charge in [-0.2, -0.15) is 0 Å². The molecule has 2 saturated heterocycles. The smallest absolute Gasteiger partial charge is 0.269 e. The molecule has 0 unspecified atom stereocenters. The van der Waals surface area contributed by atoms with Crippen molar-refractivity contribution in [2.45, 2.75) is 69.5 Å². The molecule has 208 valence electrons. The van der Waals surface area contributed by atoms with Crippen LogP contribution in [0.4, 0.5) is 17.1 Å². The van der Waals surface area contributed by atoms with Gasteiger partial charge in [-0.25, -0.2) is 0 Å². The van der Waals surface area contributed by atoms with Crippen LogP contribution in [0, 0.1) is 16.0 Å². The lowest BCUT2D eigenvalue weighted by Gasteiger charge is -2.32. The number of hydrogen-bond donors (Lipinski definition) is 2. The van der Waals surface area contributed by atoms with Crippen molar-refractivity contribution in [3.63, 3.8) is 0 Å². The van der Waals surface area contributed by atoms with E-state index in [1.807, 2.05) is 31.2 Å². The Labute approximate surface area is 228 Å². The fraction of sp³-hybridized carbons (Fsp3) is 0.500. The Hall–Kier alpha value is -3.12. The standard InChI is InChI=1S/C28H35N3O7Si/c1-18-26(39(2,3)37)24(13-15-32)38-28(18)22-16-21(31(35)36)11-12-23(22)30(27(28)34)17-19-7-9-20(10-8-19)29-14-5-4-6-25(29)33/h7-12,16,18,24,26,32,37H,4-6,13-15,17H2,1-3H3/t18-,24+,26-,28+/m1/s1. The van der Waals surface area contributed by atoms with Crippen LogP contribution in [0.5, 0.6) is 0 Å². The summed E-state index contributed by atoms with van der Waals surface area (Å²) in [4.78, 5) is 52.4. The molecule has 4 atom stereocenters. The normalized spacial score (nSPS) is 26.9. The summed E-state index contributed by atoms with van der Waals surface area (Å²) < 4.78 is 6.51. The third-order valence-corrected chi connectivity index (χ3v) is 11.0. The molecule has 0 aliphatic carbocycles. The van der Waals surface area contributed by atoms with E-state index in [-0.39, 0.29) is 42.6 Å². The van der Waals surface area contributed by atoms with Gasteiger partial charge in [-0.15, -0.1) is 0 Å². The first-order chi connectivity index (χ1) is 18.5. The number of aliphatic hydroxyl groups excluding tert-OH is 1. The number of piperidine rings is 1. The Morgan fingerprint density at radius 2 is 1.87 bits per heavy atom. The number of amides is 2. The van der Waals surface area contributed by atoms with Gasteiger partial charge in [-0.3, -0.25) is 19.7 Å². The lowest BCUT2D eigenvalue weighted by atomic mass is 9.82. The average molecular weight is 554 g/mol. The highest BCUT2D eigenvalue weighted by atomic mass is 28.4. The first kappa shape index (κ1) is 27.4. The number of benzene rings is 2. The maximum absolute atomic E-state index is 14.3. The fourth-order valence-corrected chi connectivity index (χ4v) is 9.38. The van der Waals surface area contributed by atoms with Crippen LogP contribution >= 0.6 is 0 Å². The van der Waals surface area contributed by atoms with Gasteiger partial charge in [0.25, 0.3) is 11.6 Å². The molecular formula is C28H35N3O7Si. The number of carbonyl (C=O) groups excluding carboxylic acids is 2. The highest BCUT2D eigenvalue weighted by Gasteiger charge is 2.66. The molecule has 1 spiro atoms. The fourth-order valence-electron chi connectivity index (χ4n) is 6.78. The van der Waals surface area contributed by atoms with E-state index in [0.717, 1.165) is 24.1 Å². The van der Waals surface area contributed by atoms with Gasteiger partial charge in [-0.1, -0.05) is 19.1 Å². The minimum absolute atomic E-state index is 0.107. The first-order valence-electron chi connectivity index (χ1n) is 13.5. The van der Waals surface area contributed by atoms with Crippen molar-refractivity contribution < 1.29 is 29.2 Å². The number of ether oxygens (including phenoxy) is 1. The Bertz CT molecular complexity index is 1300. The van der Waals surface area contributed by atoms with Crippen LogP contribution in [-0.2, 0) is 26.5 Å². The molecule has 5 rings (SSSR count). The highest BCUT2D eigenvalue weighted by molar-refractivity contribution is 6.71. The summed E-state index contributed by atoms with van der Waals surface area (Å²) in [6.07, 6.45) is 2.10. The number of anilines is 2. The monoisotopic (exact) mass is 553 g/mol. The van der Waals surface area contributed by atoms with E-state index < -0.39 is 30.9 Å². The molecule has 0 bridgehead atoms. The number of nitrogens with zero attached hydrogens (tertiary/aromatic N) is 3. The molecule has 3 heterocycles. The first-order valence-corrected chi connectivity index (χ1v) is 16.5. The number of nitro groups is 1. The summed E-state index contributed by atoms with van der Waals surface area (Å²) in [7, 11) is -2.87. The zero-order valence-corrected chi connectivity index (χ0v) is 23.5. The van der Waals surface area contributed by atoms with Crippen molar-refractivity contribution in [2.75, 3.05) is 23.0 Å². The molecule has 2 amide bonds. The molecule has 2 aromatic carbocycles.